The summed E-state index contributed by atoms with van der Waals surface area (Å²) in [7, 11) is 0. The molecule has 0 N–H and O–H groups in total. The number of hydrogen-bond acceptors (Lipinski definition) is 0. The quantitative estimate of drug-likeness (QED) is 0.218. The first kappa shape index (κ1) is 24.0. The lowest BCUT2D eigenvalue weighted by atomic mass is 9.89. The van der Waals surface area contributed by atoms with Crippen molar-refractivity contribution in [3.63, 3.8) is 0 Å². The lowest BCUT2D eigenvalue weighted by Crippen LogP contribution is -2.04. The fraction of sp³-hybridized carbons (Fsp3) is 1.00. The van der Waals surface area contributed by atoms with Gasteiger partial charge in [-0.3, -0.25) is 0 Å². The molecule has 0 saturated carbocycles. The molecule has 0 bridgehead atoms. The molecule has 0 spiro atoms. The summed E-state index contributed by atoms with van der Waals surface area (Å²) in [6, 6.07) is 0. The molecule has 24 heavy (non-hydrogen) atoms. The Balaban J connectivity index is 3.42. The molecule has 0 nitrogen and oxygen atoms in total. The zero-order valence-corrected chi connectivity index (χ0v) is 18.0. The monoisotopic (exact) mass is 338 g/mol. The van der Waals surface area contributed by atoms with E-state index < -0.39 is 0 Å². The van der Waals surface area contributed by atoms with Gasteiger partial charge >= 0.3 is 0 Å². The summed E-state index contributed by atoms with van der Waals surface area (Å²) in [5.41, 5.74) is 0. The van der Waals surface area contributed by atoms with E-state index in [1.54, 1.807) is 0 Å². The molecule has 0 rings (SSSR count). The van der Waals surface area contributed by atoms with Gasteiger partial charge in [-0.25, -0.2) is 0 Å². The van der Waals surface area contributed by atoms with Gasteiger partial charge in [0.25, 0.3) is 0 Å². The number of rotatable bonds is 18. The molecular weight excluding hydrogens is 288 g/mol. The minimum absolute atomic E-state index is 0.942. The third-order valence-corrected chi connectivity index (χ3v) is 5.80. The molecule has 0 aliphatic carbocycles. The van der Waals surface area contributed by atoms with Crippen LogP contribution in [0.3, 0.4) is 0 Å². The highest BCUT2D eigenvalue weighted by molar-refractivity contribution is 4.62. The summed E-state index contributed by atoms with van der Waals surface area (Å²) in [5.74, 6) is 2.85. The van der Waals surface area contributed by atoms with E-state index in [9.17, 15) is 0 Å². The van der Waals surface area contributed by atoms with E-state index in [0.29, 0.717) is 0 Å². The maximum absolute atomic E-state index is 2.49. The first-order chi connectivity index (χ1) is 11.6. The molecular formula is C24H50. The Morgan fingerprint density at radius 1 is 0.417 bits per heavy atom. The second kappa shape index (κ2) is 17.8. The minimum Gasteiger partial charge on any atom is -0.0654 e. The maximum Gasteiger partial charge on any atom is -0.0440 e. The van der Waals surface area contributed by atoms with E-state index >= 15 is 0 Å². The first-order valence-electron chi connectivity index (χ1n) is 11.6. The van der Waals surface area contributed by atoms with E-state index in [1.807, 2.05) is 0 Å². The smallest absolute Gasteiger partial charge is 0.0440 e. The third-order valence-electron chi connectivity index (χ3n) is 5.80. The largest absolute Gasteiger partial charge is 0.0654 e. The van der Waals surface area contributed by atoms with Gasteiger partial charge in [0, 0.05) is 0 Å². The van der Waals surface area contributed by atoms with Gasteiger partial charge in [0.05, 0.1) is 0 Å². The van der Waals surface area contributed by atoms with Crippen LogP contribution in [0.5, 0.6) is 0 Å². The molecule has 0 fully saturated rings. The molecule has 0 heterocycles. The van der Waals surface area contributed by atoms with Gasteiger partial charge in [0.1, 0.15) is 0 Å². The third kappa shape index (κ3) is 16.8. The highest BCUT2D eigenvalue weighted by Crippen LogP contribution is 2.23. The summed E-state index contributed by atoms with van der Waals surface area (Å²) < 4.78 is 0. The van der Waals surface area contributed by atoms with Crippen molar-refractivity contribution in [2.75, 3.05) is 0 Å². The Bertz CT molecular complexity index is 232. The fourth-order valence-corrected chi connectivity index (χ4v) is 4.07. The molecule has 0 aromatic carbocycles. The average molecular weight is 339 g/mol. The molecule has 3 atom stereocenters. The van der Waals surface area contributed by atoms with Gasteiger partial charge in [0.2, 0.25) is 0 Å². The van der Waals surface area contributed by atoms with Crippen LogP contribution >= 0.6 is 0 Å². The first-order valence-corrected chi connectivity index (χ1v) is 11.6. The van der Waals surface area contributed by atoms with Crippen molar-refractivity contribution in [1.29, 1.82) is 0 Å². The van der Waals surface area contributed by atoms with Crippen molar-refractivity contribution in [2.24, 2.45) is 17.8 Å². The normalized spacial score (nSPS) is 15.4. The Labute approximate surface area is 155 Å². The van der Waals surface area contributed by atoms with E-state index in [0.717, 1.165) is 17.8 Å². The lowest BCUT2D eigenvalue weighted by molar-refractivity contribution is 0.353. The molecule has 0 aromatic rings. The van der Waals surface area contributed by atoms with Crippen LogP contribution in [0.15, 0.2) is 0 Å². The predicted octanol–water partition coefficient (Wildman–Crippen LogP) is 9.18. The Morgan fingerprint density at radius 3 is 1.12 bits per heavy atom. The Hall–Kier alpha value is 0. The lowest BCUT2D eigenvalue weighted by Gasteiger charge is -2.17. The highest BCUT2D eigenvalue weighted by atomic mass is 14.1. The zero-order valence-electron chi connectivity index (χ0n) is 18.0. The zero-order chi connectivity index (χ0) is 18.0. The summed E-state index contributed by atoms with van der Waals surface area (Å²) in [4.78, 5) is 0. The van der Waals surface area contributed by atoms with E-state index in [-0.39, 0.29) is 0 Å². The number of hydrogen-bond donors (Lipinski definition) is 0. The van der Waals surface area contributed by atoms with Crippen LogP contribution in [-0.4, -0.2) is 0 Å². The fourth-order valence-electron chi connectivity index (χ4n) is 4.07. The topological polar surface area (TPSA) is 0 Å². The predicted molar refractivity (Wildman–Crippen MR) is 113 cm³/mol. The van der Waals surface area contributed by atoms with Crippen molar-refractivity contribution in [3.8, 4) is 0 Å². The van der Waals surface area contributed by atoms with Crippen LogP contribution in [0.4, 0.5) is 0 Å². The second-order valence-corrected chi connectivity index (χ2v) is 8.89. The van der Waals surface area contributed by atoms with E-state index in [2.05, 4.69) is 34.6 Å². The average Bonchev–Trinajstić information content (AvgIpc) is 2.55. The SMILES string of the molecule is CCCCCCC(C)CCCCCC(C)CC(C)CCCCCC. The second-order valence-electron chi connectivity index (χ2n) is 8.89. The van der Waals surface area contributed by atoms with Crippen LogP contribution < -0.4 is 0 Å². The van der Waals surface area contributed by atoms with E-state index in [4.69, 9.17) is 0 Å². The molecule has 0 saturated heterocycles. The van der Waals surface area contributed by atoms with Crippen LogP contribution in [0.1, 0.15) is 137 Å². The molecule has 0 aliphatic rings. The molecule has 0 heteroatoms. The Morgan fingerprint density at radius 2 is 0.750 bits per heavy atom. The van der Waals surface area contributed by atoms with Crippen molar-refractivity contribution in [1.82, 2.24) is 0 Å². The van der Waals surface area contributed by atoms with Gasteiger partial charge in [-0.15, -0.1) is 0 Å². The standard InChI is InChI=1S/C24H50/c1-6-8-10-13-17-22(3)18-15-12-16-20-24(5)21-23(4)19-14-11-9-7-2/h22-24H,6-21H2,1-5H3. The van der Waals surface area contributed by atoms with E-state index in [1.165, 1.54) is 103 Å². The Kier molecular flexibility index (Phi) is 17.8. The van der Waals surface area contributed by atoms with Crippen LogP contribution in [-0.2, 0) is 0 Å². The van der Waals surface area contributed by atoms with Crippen molar-refractivity contribution in [3.05, 3.63) is 0 Å². The van der Waals surface area contributed by atoms with Crippen molar-refractivity contribution in [2.45, 2.75) is 137 Å². The number of unbranched alkanes of at least 4 members (excludes halogenated alkanes) is 8. The van der Waals surface area contributed by atoms with Crippen LogP contribution in [0, 0.1) is 17.8 Å². The van der Waals surface area contributed by atoms with Crippen molar-refractivity contribution >= 4 is 0 Å². The van der Waals surface area contributed by atoms with Gasteiger partial charge in [0.15, 0.2) is 0 Å². The molecule has 3 unspecified atom stereocenters. The molecule has 0 aliphatic heterocycles. The summed E-state index contributed by atoms with van der Waals surface area (Å²) >= 11 is 0. The molecule has 0 radical (unpaired) electrons. The molecule has 0 aromatic heterocycles. The highest BCUT2D eigenvalue weighted by Gasteiger charge is 2.09. The van der Waals surface area contributed by atoms with Gasteiger partial charge in [-0.05, 0) is 24.2 Å². The van der Waals surface area contributed by atoms with Gasteiger partial charge in [-0.2, -0.15) is 0 Å². The van der Waals surface area contributed by atoms with Gasteiger partial charge < -0.3 is 0 Å². The summed E-state index contributed by atoms with van der Waals surface area (Å²) in [5, 5.41) is 0. The summed E-state index contributed by atoms with van der Waals surface area (Å²) in [6.07, 6.45) is 23.1. The van der Waals surface area contributed by atoms with Gasteiger partial charge in [-0.1, -0.05) is 131 Å². The van der Waals surface area contributed by atoms with Crippen LogP contribution in [0.25, 0.3) is 0 Å². The minimum atomic E-state index is 0.942. The van der Waals surface area contributed by atoms with Crippen molar-refractivity contribution < 1.29 is 0 Å². The molecule has 0 amide bonds. The molecule has 146 valence electrons. The summed E-state index contributed by atoms with van der Waals surface area (Å²) in [6.45, 7) is 12.0. The maximum atomic E-state index is 2.49. The van der Waals surface area contributed by atoms with Crippen LogP contribution in [0.2, 0.25) is 0 Å².